The highest BCUT2D eigenvalue weighted by atomic mass is 127. The molecule has 126 valence electrons. The van der Waals surface area contributed by atoms with E-state index in [1.165, 1.54) is 0 Å². The summed E-state index contributed by atoms with van der Waals surface area (Å²) in [6.45, 7) is 7.43. The molecule has 0 aliphatic heterocycles. The van der Waals surface area contributed by atoms with Crippen LogP contribution in [-0.4, -0.2) is 48.6 Å². The van der Waals surface area contributed by atoms with Gasteiger partial charge in [0.1, 0.15) is 5.75 Å². The van der Waals surface area contributed by atoms with Crippen LogP contribution >= 0.6 is 51.7 Å². The number of thioether (sulfide) groups is 1. The highest BCUT2D eigenvalue weighted by Gasteiger charge is 2.01. The Balaban J connectivity index is 0.00000441. The number of nitrogens with zero attached hydrogens (tertiary/aromatic N) is 2. The number of benzene rings is 1. The zero-order valence-corrected chi connectivity index (χ0v) is 17.9. The normalized spacial score (nSPS) is 11.0. The number of rotatable bonds is 9. The lowest BCUT2D eigenvalue weighted by atomic mass is 10.3. The SMILES string of the molecule is CCN(CC)C(N)=NCCSCCOc1cccc(Br)c1.I. The Labute approximate surface area is 163 Å². The summed E-state index contributed by atoms with van der Waals surface area (Å²) < 4.78 is 6.70. The van der Waals surface area contributed by atoms with Gasteiger partial charge in [-0.25, -0.2) is 0 Å². The minimum Gasteiger partial charge on any atom is -0.493 e. The monoisotopic (exact) mass is 501 g/mol. The molecule has 1 rings (SSSR count). The van der Waals surface area contributed by atoms with Crippen LogP contribution in [0, 0.1) is 0 Å². The number of halogens is 2. The Morgan fingerprint density at radius 1 is 1.32 bits per heavy atom. The summed E-state index contributed by atoms with van der Waals surface area (Å²) in [5.74, 6) is 3.46. The second kappa shape index (κ2) is 13.3. The molecule has 1 aromatic carbocycles. The van der Waals surface area contributed by atoms with Gasteiger partial charge in [-0.15, -0.1) is 24.0 Å². The molecule has 7 heteroatoms. The summed E-state index contributed by atoms with van der Waals surface area (Å²) in [7, 11) is 0. The molecule has 0 spiro atoms. The Hall–Kier alpha value is -0.150. The highest BCUT2D eigenvalue weighted by molar-refractivity contribution is 14.0. The Kier molecular flexibility index (Phi) is 13.2. The van der Waals surface area contributed by atoms with Gasteiger partial charge in [-0.1, -0.05) is 22.0 Å². The van der Waals surface area contributed by atoms with Crippen LogP contribution in [0.5, 0.6) is 5.75 Å². The number of hydrogen-bond acceptors (Lipinski definition) is 3. The molecule has 0 heterocycles. The predicted molar refractivity (Wildman–Crippen MR) is 112 cm³/mol. The molecule has 0 saturated heterocycles. The Morgan fingerprint density at radius 3 is 2.68 bits per heavy atom. The summed E-state index contributed by atoms with van der Waals surface area (Å²) in [6.07, 6.45) is 0. The second-order valence-electron chi connectivity index (χ2n) is 4.33. The molecule has 0 radical (unpaired) electrons. The molecule has 0 saturated carbocycles. The van der Waals surface area contributed by atoms with Crippen molar-refractivity contribution in [2.24, 2.45) is 10.7 Å². The molecule has 0 atom stereocenters. The van der Waals surface area contributed by atoms with Crippen LogP contribution in [0.1, 0.15) is 13.8 Å². The van der Waals surface area contributed by atoms with Crippen LogP contribution in [0.3, 0.4) is 0 Å². The third kappa shape index (κ3) is 9.09. The topological polar surface area (TPSA) is 50.8 Å². The number of guanidine groups is 1. The molecule has 0 amide bonds. The molecule has 4 nitrogen and oxygen atoms in total. The van der Waals surface area contributed by atoms with Gasteiger partial charge in [0.15, 0.2) is 5.96 Å². The zero-order valence-electron chi connectivity index (χ0n) is 13.1. The fourth-order valence-corrected chi connectivity index (χ4v) is 2.75. The minimum atomic E-state index is 0. The first-order chi connectivity index (χ1) is 10.2. The molecule has 0 fully saturated rings. The maximum atomic E-state index is 5.91. The van der Waals surface area contributed by atoms with Crippen molar-refractivity contribution >= 4 is 57.6 Å². The average molecular weight is 502 g/mol. The van der Waals surface area contributed by atoms with Crippen molar-refractivity contribution in [2.75, 3.05) is 37.7 Å². The Morgan fingerprint density at radius 2 is 2.05 bits per heavy atom. The van der Waals surface area contributed by atoms with Crippen LogP contribution in [0.2, 0.25) is 0 Å². The molecule has 22 heavy (non-hydrogen) atoms. The first-order valence-electron chi connectivity index (χ1n) is 7.18. The lowest BCUT2D eigenvalue weighted by Crippen LogP contribution is -2.37. The van der Waals surface area contributed by atoms with E-state index in [9.17, 15) is 0 Å². The third-order valence-electron chi connectivity index (χ3n) is 2.89. The van der Waals surface area contributed by atoms with E-state index in [2.05, 4.69) is 39.7 Å². The van der Waals surface area contributed by atoms with Crippen molar-refractivity contribution in [2.45, 2.75) is 13.8 Å². The van der Waals surface area contributed by atoms with Gasteiger partial charge >= 0.3 is 0 Å². The van der Waals surface area contributed by atoms with Crippen LogP contribution < -0.4 is 10.5 Å². The van der Waals surface area contributed by atoms with Crippen molar-refractivity contribution in [1.29, 1.82) is 0 Å². The van der Waals surface area contributed by atoms with E-state index in [1.54, 1.807) is 0 Å². The van der Waals surface area contributed by atoms with E-state index in [-0.39, 0.29) is 24.0 Å². The van der Waals surface area contributed by atoms with Gasteiger partial charge in [-0.05, 0) is 32.0 Å². The molecular formula is C15H25BrIN3OS. The average Bonchev–Trinajstić information content (AvgIpc) is 2.47. The second-order valence-corrected chi connectivity index (χ2v) is 6.47. The van der Waals surface area contributed by atoms with Crippen LogP contribution in [0.25, 0.3) is 0 Å². The molecule has 2 N–H and O–H groups in total. The quantitative estimate of drug-likeness (QED) is 0.242. The van der Waals surface area contributed by atoms with Crippen LogP contribution in [-0.2, 0) is 0 Å². The molecule has 0 aromatic heterocycles. The van der Waals surface area contributed by atoms with E-state index < -0.39 is 0 Å². The predicted octanol–water partition coefficient (Wildman–Crippen LogP) is 3.84. The van der Waals surface area contributed by atoms with E-state index in [0.717, 1.165) is 41.4 Å². The standard InChI is InChI=1S/C15H24BrN3OS.HI/c1-3-19(4-2)15(17)18-8-10-21-11-9-20-14-7-5-6-13(16)12-14;/h5-7,12H,3-4,8-11H2,1-2H3,(H2,17,18);1H. The summed E-state index contributed by atoms with van der Waals surface area (Å²) in [5, 5.41) is 0. The molecule has 0 bridgehead atoms. The van der Waals surface area contributed by atoms with Gasteiger partial charge in [-0.3, -0.25) is 4.99 Å². The highest BCUT2D eigenvalue weighted by Crippen LogP contribution is 2.17. The first-order valence-corrected chi connectivity index (χ1v) is 9.13. The molecule has 1 aromatic rings. The maximum Gasteiger partial charge on any atom is 0.191 e. The van der Waals surface area contributed by atoms with Gasteiger partial charge < -0.3 is 15.4 Å². The van der Waals surface area contributed by atoms with Crippen molar-refractivity contribution < 1.29 is 4.74 Å². The summed E-state index contributed by atoms with van der Waals surface area (Å²) in [4.78, 5) is 6.44. The lowest BCUT2D eigenvalue weighted by Gasteiger charge is -2.19. The van der Waals surface area contributed by atoms with Gasteiger partial charge in [0.05, 0.1) is 13.2 Å². The van der Waals surface area contributed by atoms with Gasteiger partial charge in [0.2, 0.25) is 0 Å². The van der Waals surface area contributed by atoms with E-state index in [1.807, 2.05) is 36.0 Å². The van der Waals surface area contributed by atoms with Crippen LogP contribution in [0.4, 0.5) is 0 Å². The third-order valence-corrected chi connectivity index (χ3v) is 4.31. The van der Waals surface area contributed by atoms with E-state index >= 15 is 0 Å². The summed E-state index contributed by atoms with van der Waals surface area (Å²) >= 11 is 5.25. The number of hydrogen-bond donors (Lipinski definition) is 1. The molecule has 0 unspecified atom stereocenters. The number of ether oxygens (including phenoxy) is 1. The molecule has 0 aliphatic rings. The van der Waals surface area contributed by atoms with Gasteiger partial charge in [0, 0.05) is 29.1 Å². The lowest BCUT2D eigenvalue weighted by molar-refractivity contribution is 0.344. The van der Waals surface area contributed by atoms with Crippen molar-refractivity contribution in [3.63, 3.8) is 0 Å². The Bertz CT molecular complexity index is 445. The smallest absolute Gasteiger partial charge is 0.191 e. The number of nitrogens with two attached hydrogens (primary N) is 1. The molecule has 0 aliphatic carbocycles. The molecular weight excluding hydrogens is 477 g/mol. The largest absolute Gasteiger partial charge is 0.493 e. The fraction of sp³-hybridized carbons (Fsp3) is 0.533. The van der Waals surface area contributed by atoms with E-state index in [4.69, 9.17) is 10.5 Å². The fourth-order valence-electron chi connectivity index (χ4n) is 1.75. The van der Waals surface area contributed by atoms with E-state index in [0.29, 0.717) is 12.6 Å². The van der Waals surface area contributed by atoms with Crippen LogP contribution in [0.15, 0.2) is 33.7 Å². The zero-order chi connectivity index (χ0) is 15.5. The van der Waals surface area contributed by atoms with Gasteiger partial charge in [0.25, 0.3) is 0 Å². The maximum absolute atomic E-state index is 5.91. The first kappa shape index (κ1) is 21.9. The van der Waals surface area contributed by atoms with Crippen molar-refractivity contribution in [3.8, 4) is 5.75 Å². The van der Waals surface area contributed by atoms with Crippen molar-refractivity contribution in [1.82, 2.24) is 4.90 Å². The summed E-state index contributed by atoms with van der Waals surface area (Å²) in [6, 6.07) is 7.89. The summed E-state index contributed by atoms with van der Waals surface area (Å²) in [5.41, 5.74) is 5.91. The van der Waals surface area contributed by atoms with Gasteiger partial charge in [-0.2, -0.15) is 11.8 Å². The van der Waals surface area contributed by atoms with Crippen molar-refractivity contribution in [3.05, 3.63) is 28.7 Å². The minimum absolute atomic E-state index is 0. The number of aliphatic imine (C=N–C) groups is 1.